The molecule has 2 aromatic heterocycles. The molecule has 108 valence electrons. The Kier molecular flexibility index (Phi) is 4.62. The minimum Gasteiger partial charge on any atom is -0.481 e. The molecule has 5 nitrogen and oxygen atoms in total. The van der Waals surface area contributed by atoms with Crippen LogP contribution in [0, 0.1) is 0 Å². The average Bonchev–Trinajstić information content (AvgIpc) is 2.74. The van der Waals surface area contributed by atoms with E-state index in [2.05, 4.69) is 23.7 Å². The number of carbonyl (C=O) groups is 1. The van der Waals surface area contributed by atoms with Gasteiger partial charge in [0.25, 0.3) is 0 Å². The van der Waals surface area contributed by atoms with Gasteiger partial charge in [0, 0.05) is 12.7 Å². The third kappa shape index (κ3) is 2.94. The van der Waals surface area contributed by atoms with Gasteiger partial charge in [-0.25, -0.2) is 4.98 Å². The Bertz CT molecular complexity index is 620. The van der Waals surface area contributed by atoms with Gasteiger partial charge in [-0.3, -0.25) is 9.69 Å². The quantitative estimate of drug-likeness (QED) is 0.889. The fourth-order valence-corrected chi connectivity index (χ4v) is 2.45. The summed E-state index contributed by atoms with van der Waals surface area (Å²) in [4.78, 5) is 17.6. The summed E-state index contributed by atoms with van der Waals surface area (Å²) < 4.78 is 1.89. The van der Waals surface area contributed by atoms with Crippen molar-refractivity contribution < 1.29 is 9.90 Å². The number of aliphatic carboxylic acids is 1. The number of nitrogens with zero attached hydrogens (tertiary/aromatic N) is 3. The van der Waals surface area contributed by atoms with Crippen molar-refractivity contribution in [2.75, 3.05) is 13.1 Å². The molecule has 0 bridgehead atoms. The lowest BCUT2D eigenvalue weighted by Crippen LogP contribution is -2.24. The molecule has 0 spiro atoms. The Hall–Kier alpha value is -1.59. The zero-order chi connectivity index (χ0) is 14.7. The third-order valence-corrected chi connectivity index (χ3v) is 3.67. The molecular weight excluding hydrogens is 278 g/mol. The molecule has 0 saturated carbocycles. The van der Waals surface area contributed by atoms with Gasteiger partial charge in [-0.1, -0.05) is 25.4 Å². The molecule has 0 amide bonds. The topological polar surface area (TPSA) is 57.8 Å². The monoisotopic (exact) mass is 295 g/mol. The van der Waals surface area contributed by atoms with Crippen molar-refractivity contribution in [1.29, 1.82) is 0 Å². The Morgan fingerprint density at radius 3 is 2.75 bits per heavy atom. The molecule has 0 aliphatic rings. The zero-order valence-corrected chi connectivity index (χ0v) is 12.4. The van der Waals surface area contributed by atoms with Gasteiger partial charge >= 0.3 is 5.97 Å². The number of hydrogen-bond donors (Lipinski definition) is 1. The normalized spacial score (nSPS) is 11.4. The van der Waals surface area contributed by atoms with Crippen LogP contribution in [0.25, 0.3) is 5.65 Å². The second kappa shape index (κ2) is 6.24. The minimum atomic E-state index is -0.884. The van der Waals surface area contributed by atoms with E-state index >= 15 is 0 Å². The Labute approximate surface area is 122 Å². The highest BCUT2D eigenvalue weighted by molar-refractivity contribution is 6.33. The van der Waals surface area contributed by atoms with Gasteiger partial charge < -0.3 is 9.51 Å². The molecule has 0 unspecified atom stereocenters. The van der Waals surface area contributed by atoms with Crippen molar-refractivity contribution >= 4 is 23.2 Å². The molecule has 0 atom stereocenters. The predicted octanol–water partition coefficient (Wildman–Crippen LogP) is 2.46. The van der Waals surface area contributed by atoms with Crippen molar-refractivity contribution in [3.8, 4) is 0 Å². The van der Waals surface area contributed by atoms with Crippen LogP contribution in [-0.2, 0) is 17.8 Å². The summed E-state index contributed by atoms with van der Waals surface area (Å²) in [5.74, 6) is -0.884. The van der Waals surface area contributed by atoms with E-state index in [0.717, 1.165) is 18.8 Å². The van der Waals surface area contributed by atoms with Crippen LogP contribution in [0.1, 0.15) is 25.2 Å². The lowest BCUT2D eigenvalue weighted by Gasteiger charge is -2.18. The fourth-order valence-electron chi connectivity index (χ4n) is 2.24. The molecule has 6 heteroatoms. The van der Waals surface area contributed by atoms with E-state index in [1.807, 2.05) is 16.7 Å². The van der Waals surface area contributed by atoms with Crippen molar-refractivity contribution in [1.82, 2.24) is 14.3 Å². The van der Waals surface area contributed by atoms with Crippen molar-refractivity contribution in [2.24, 2.45) is 0 Å². The number of pyridine rings is 1. The highest BCUT2D eigenvalue weighted by Crippen LogP contribution is 2.21. The number of fused-ring (bicyclic) bond motifs is 1. The first kappa shape index (κ1) is 14.8. The highest BCUT2D eigenvalue weighted by atomic mass is 35.5. The fraction of sp³-hybridized carbons (Fsp3) is 0.429. The van der Waals surface area contributed by atoms with Crippen LogP contribution in [0.2, 0.25) is 5.02 Å². The van der Waals surface area contributed by atoms with Crippen molar-refractivity contribution in [3.05, 3.63) is 34.7 Å². The number of carboxylic acids is 1. The van der Waals surface area contributed by atoms with Gasteiger partial charge in [-0.2, -0.15) is 0 Å². The summed E-state index contributed by atoms with van der Waals surface area (Å²) in [6.07, 6.45) is 1.78. The van der Waals surface area contributed by atoms with Crippen LogP contribution in [0.3, 0.4) is 0 Å². The van der Waals surface area contributed by atoms with Crippen LogP contribution in [0.5, 0.6) is 0 Å². The molecule has 20 heavy (non-hydrogen) atoms. The second-order valence-corrected chi connectivity index (χ2v) is 4.99. The molecule has 2 heterocycles. The summed E-state index contributed by atoms with van der Waals surface area (Å²) >= 11 is 6.14. The van der Waals surface area contributed by atoms with Gasteiger partial charge in [0.05, 0.1) is 22.8 Å². The number of rotatable bonds is 6. The van der Waals surface area contributed by atoms with Gasteiger partial charge in [0.15, 0.2) is 5.65 Å². The molecule has 0 saturated heterocycles. The Morgan fingerprint density at radius 2 is 2.15 bits per heavy atom. The van der Waals surface area contributed by atoms with E-state index in [-0.39, 0.29) is 6.42 Å². The standard InChI is InChI=1S/C14H18ClN3O2/c1-3-17(4-2)9-12-11(8-13(19)20)16-14-10(15)6-5-7-18(12)14/h5-7H,3-4,8-9H2,1-2H3,(H,19,20). The van der Waals surface area contributed by atoms with Gasteiger partial charge in [0.2, 0.25) is 0 Å². The molecule has 2 rings (SSSR count). The lowest BCUT2D eigenvalue weighted by molar-refractivity contribution is -0.136. The van der Waals surface area contributed by atoms with Gasteiger partial charge in [-0.05, 0) is 25.2 Å². The Balaban J connectivity index is 2.52. The van der Waals surface area contributed by atoms with E-state index in [0.29, 0.717) is 22.9 Å². The minimum absolute atomic E-state index is 0.0887. The molecule has 0 aromatic carbocycles. The van der Waals surface area contributed by atoms with Crippen LogP contribution in [0.15, 0.2) is 18.3 Å². The van der Waals surface area contributed by atoms with Crippen LogP contribution in [-0.4, -0.2) is 38.4 Å². The van der Waals surface area contributed by atoms with Crippen LogP contribution < -0.4 is 0 Å². The number of aromatic nitrogens is 2. The highest BCUT2D eigenvalue weighted by Gasteiger charge is 2.17. The molecule has 0 radical (unpaired) electrons. The average molecular weight is 296 g/mol. The van der Waals surface area contributed by atoms with Crippen molar-refractivity contribution in [2.45, 2.75) is 26.8 Å². The predicted molar refractivity (Wildman–Crippen MR) is 78.2 cm³/mol. The molecule has 2 aromatic rings. The first-order valence-electron chi connectivity index (χ1n) is 6.65. The molecule has 1 N–H and O–H groups in total. The summed E-state index contributed by atoms with van der Waals surface area (Å²) in [7, 11) is 0. The summed E-state index contributed by atoms with van der Waals surface area (Å²) in [5.41, 5.74) is 2.10. The van der Waals surface area contributed by atoms with Crippen LogP contribution in [0.4, 0.5) is 0 Å². The maximum atomic E-state index is 11.0. The largest absolute Gasteiger partial charge is 0.481 e. The third-order valence-electron chi connectivity index (χ3n) is 3.37. The van der Waals surface area contributed by atoms with Gasteiger partial charge in [0.1, 0.15) is 0 Å². The lowest BCUT2D eigenvalue weighted by atomic mass is 10.2. The van der Waals surface area contributed by atoms with E-state index in [1.165, 1.54) is 0 Å². The van der Waals surface area contributed by atoms with E-state index in [1.54, 1.807) is 6.07 Å². The summed E-state index contributed by atoms with van der Waals surface area (Å²) in [5, 5.41) is 9.57. The number of carboxylic acid groups (broad SMARTS) is 1. The van der Waals surface area contributed by atoms with E-state index in [9.17, 15) is 4.79 Å². The summed E-state index contributed by atoms with van der Waals surface area (Å²) in [6, 6.07) is 3.60. The number of halogens is 1. The molecule has 0 aliphatic carbocycles. The zero-order valence-electron chi connectivity index (χ0n) is 11.6. The van der Waals surface area contributed by atoms with Crippen LogP contribution >= 0.6 is 11.6 Å². The van der Waals surface area contributed by atoms with E-state index in [4.69, 9.17) is 16.7 Å². The first-order chi connectivity index (χ1) is 9.56. The first-order valence-corrected chi connectivity index (χ1v) is 7.03. The Morgan fingerprint density at radius 1 is 1.45 bits per heavy atom. The SMILES string of the molecule is CCN(CC)Cc1c(CC(=O)O)nc2c(Cl)cccn12. The number of hydrogen-bond acceptors (Lipinski definition) is 3. The molecule has 0 aliphatic heterocycles. The second-order valence-electron chi connectivity index (χ2n) is 4.59. The smallest absolute Gasteiger partial charge is 0.309 e. The maximum absolute atomic E-state index is 11.0. The maximum Gasteiger partial charge on any atom is 0.309 e. The van der Waals surface area contributed by atoms with E-state index < -0.39 is 5.97 Å². The van der Waals surface area contributed by atoms with Gasteiger partial charge in [-0.15, -0.1) is 0 Å². The van der Waals surface area contributed by atoms with Crippen molar-refractivity contribution in [3.63, 3.8) is 0 Å². The molecular formula is C14H18ClN3O2. The number of imidazole rings is 1. The summed E-state index contributed by atoms with van der Waals surface area (Å²) in [6.45, 7) is 6.62. The molecule has 0 fully saturated rings.